The van der Waals surface area contributed by atoms with Crippen LogP contribution in [0.1, 0.15) is 19.3 Å². The monoisotopic (exact) mass is 392 g/mol. The van der Waals surface area contributed by atoms with Gasteiger partial charge in [-0.25, -0.2) is 9.18 Å². The van der Waals surface area contributed by atoms with Crippen molar-refractivity contribution in [3.63, 3.8) is 0 Å². The van der Waals surface area contributed by atoms with Crippen molar-refractivity contribution in [2.24, 2.45) is 5.92 Å². The molecule has 0 amide bonds. The molecule has 0 spiro atoms. The van der Waals surface area contributed by atoms with Crippen molar-refractivity contribution in [3.05, 3.63) is 46.8 Å². The maximum Gasteiger partial charge on any atom is 0.344 e. The van der Waals surface area contributed by atoms with Gasteiger partial charge < -0.3 is 13.7 Å². The summed E-state index contributed by atoms with van der Waals surface area (Å²) >= 11 is 0. The molecule has 1 saturated carbocycles. The molecule has 1 N–H and O–H groups in total. The summed E-state index contributed by atoms with van der Waals surface area (Å²) in [7, 11) is -3.89. The van der Waals surface area contributed by atoms with Crippen molar-refractivity contribution in [2.45, 2.75) is 25.4 Å². The molecule has 0 saturated heterocycles. The Morgan fingerprint density at radius 2 is 1.89 bits per heavy atom. The molecule has 0 bridgehead atoms. The quantitative estimate of drug-likeness (QED) is 0.415. The zero-order valence-electron chi connectivity index (χ0n) is 14.2. The third-order valence-electron chi connectivity index (χ3n) is 4.81. The van der Waals surface area contributed by atoms with Gasteiger partial charge in [0.1, 0.15) is 23.3 Å². The van der Waals surface area contributed by atoms with E-state index in [4.69, 9.17) is 8.60 Å². The Morgan fingerprint density at radius 1 is 1.11 bits per heavy atom. The predicted molar refractivity (Wildman–Crippen MR) is 98.3 cm³/mol. The van der Waals surface area contributed by atoms with Gasteiger partial charge in [0.2, 0.25) is 0 Å². The van der Waals surface area contributed by atoms with E-state index in [2.05, 4.69) is 0 Å². The topological polar surface area (TPSA) is 93.8 Å². The molecular formula is C19H17FO6S. The van der Waals surface area contributed by atoms with Crippen molar-refractivity contribution in [3.8, 4) is 11.5 Å². The highest BCUT2D eigenvalue weighted by Gasteiger charge is 2.29. The van der Waals surface area contributed by atoms with Gasteiger partial charge in [-0.3, -0.25) is 0 Å². The second-order valence-electron chi connectivity index (χ2n) is 6.86. The Kier molecular flexibility index (Phi) is 4.30. The number of alkyl halides is 1. The first-order valence-electron chi connectivity index (χ1n) is 8.56. The van der Waals surface area contributed by atoms with Gasteiger partial charge in [-0.2, -0.15) is 8.42 Å². The van der Waals surface area contributed by atoms with E-state index in [1.165, 1.54) is 24.3 Å². The highest BCUT2D eigenvalue weighted by Crippen LogP contribution is 2.31. The predicted octanol–water partition coefficient (Wildman–Crippen LogP) is 3.50. The maximum absolute atomic E-state index is 13.2. The van der Waals surface area contributed by atoms with Crippen LogP contribution in [0.4, 0.5) is 4.39 Å². The Balaban J connectivity index is 1.66. The molecule has 0 aliphatic heterocycles. The fourth-order valence-electron chi connectivity index (χ4n) is 3.59. The highest BCUT2D eigenvalue weighted by atomic mass is 32.2. The minimum Gasteiger partial charge on any atom is -0.508 e. The van der Waals surface area contributed by atoms with E-state index in [0.717, 1.165) is 0 Å². The molecule has 4 rings (SSSR count). The fourth-order valence-corrected chi connectivity index (χ4v) is 4.93. The lowest BCUT2D eigenvalue weighted by Crippen LogP contribution is -2.19. The summed E-state index contributed by atoms with van der Waals surface area (Å²) in [6, 6.07) is 8.77. The first-order chi connectivity index (χ1) is 12.8. The summed E-state index contributed by atoms with van der Waals surface area (Å²) in [5, 5.41) is 10.9. The lowest BCUT2D eigenvalue weighted by molar-refractivity contribution is 0.333. The Bertz CT molecular complexity index is 1180. The number of halogens is 1. The van der Waals surface area contributed by atoms with Gasteiger partial charge in [0.05, 0.1) is 11.1 Å². The number of rotatable bonds is 4. The van der Waals surface area contributed by atoms with E-state index in [1.807, 2.05) is 0 Å². The molecule has 6 nitrogen and oxygen atoms in total. The molecule has 3 aromatic rings. The van der Waals surface area contributed by atoms with Gasteiger partial charge >= 0.3 is 15.7 Å². The smallest absolute Gasteiger partial charge is 0.344 e. The largest absolute Gasteiger partial charge is 0.508 e. The van der Waals surface area contributed by atoms with Crippen LogP contribution in [0.2, 0.25) is 0 Å². The Morgan fingerprint density at radius 3 is 2.63 bits per heavy atom. The van der Waals surface area contributed by atoms with Crippen LogP contribution in [0.5, 0.6) is 11.5 Å². The normalized spacial score (nSPS) is 20.3. The van der Waals surface area contributed by atoms with Crippen molar-refractivity contribution >= 4 is 31.9 Å². The second-order valence-corrected chi connectivity index (χ2v) is 8.48. The summed E-state index contributed by atoms with van der Waals surface area (Å²) in [6.45, 7) is 0. The number of fused-ring (bicyclic) bond motifs is 3. The van der Waals surface area contributed by atoms with E-state index in [1.54, 1.807) is 12.1 Å². The van der Waals surface area contributed by atoms with E-state index >= 15 is 0 Å². The summed E-state index contributed by atoms with van der Waals surface area (Å²) in [4.78, 5) is 12.1. The molecule has 142 valence electrons. The molecule has 0 radical (unpaired) electrons. The molecule has 1 aromatic heterocycles. The van der Waals surface area contributed by atoms with Crippen LogP contribution in [-0.2, 0) is 10.1 Å². The van der Waals surface area contributed by atoms with Gasteiger partial charge in [-0.05, 0) is 55.5 Å². The van der Waals surface area contributed by atoms with Crippen LogP contribution in [0, 0.1) is 5.92 Å². The summed E-state index contributed by atoms with van der Waals surface area (Å²) < 4.78 is 48.1. The van der Waals surface area contributed by atoms with E-state index < -0.39 is 21.9 Å². The summed E-state index contributed by atoms with van der Waals surface area (Å²) in [5.74, 6) is -0.520. The summed E-state index contributed by atoms with van der Waals surface area (Å²) in [6.07, 6.45) is 0.181. The minimum absolute atomic E-state index is 0.0265. The van der Waals surface area contributed by atoms with Crippen LogP contribution in [0.25, 0.3) is 21.7 Å². The standard InChI is InChI=1S/C19H17FO6S/c20-12-2-1-11(7-12)10-27(23,24)26-14-4-6-16-15-5-3-13(21)8-17(15)19(22)25-18(16)9-14/h3-6,8-9,11-12,21H,1-2,7,10H2. The van der Waals surface area contributed by atoms with Gasteiger partial charge in [-0.15, -0.1) is 0 Å². The lowest BCUT2D eigenvalue weighted by Gasteiger charge is -2.11. The first-order valence-corrected chi connectivity index (χ1v) is 10.1. The van der Waals surface area contributed by atoms with Gasteiger partial charge in [0, 0.05) is 16.8 Å². The molecule has 27 heavy (non-hydrogen) atoms. The zero-order valence-corrected chi connectivity index (χ0v) is 15.0. The maximum atomic E-state index is 13.2. The van der Waals surface area contributed by atoms with Crippen molar-refractivity contribution in [1.29, 1.82) is 0 Å². The van der Waals surface area contributed by atoms with Gasteiger partial charge in [0.15, 0.2) is 0 Å². The average Bonchev–Trinajstić information content (AvgIpc) is 2.98. The van der Waals surface area contributed by atoms with Gasteiger partial charge in [0.25, 0.3) is 0 Å². The number of phenolic OH excluding ortho intramolecular Hbond substituents is 1. The van der Waals surface area contributed by atoms with Gasteiger partial charge in [-0.1, -0.05) is 0 Å². The number of benzene rings is 2. The average molecular weight is 392 g/mol. The molecule has 2 atom stereocenters. The molecule has 8 heteroatoms. The molecule has 1 heterocycles. The summed E-state index contributed by atoms with van der Waals surface area (Å²) in [5.41, 5.74) is -0.469. The van der Waals surface area contributed by atoms with Crippen molar-refractivity contribution < 1.29 is 26.5 Å². The lowest BCUT2D eigenvalue weighted by atomic mass is 10.1. The third kappa shape index (κ3) is 3.62. The van der Waals surface area contributed by atoms with Crippen molar-refractivity contribution in [1.82, 2.24) is 0 Å². The molecule has 2 unspecified atom stereocenters. The number of hydrogen-bond acceptors (Lipinski definition) is 6. The zero-order chi connectivity index (χ0) is 19.2. The number of hydrogen-bond donors (Lipinski definition) is 1. The van der Waals surface area contributed by atoms with Crippen LogP contribution < -0.4 is 9.81 Å². The van der Waals surface area contributed by atoms with Crippen LogP contribution >= 0.6 is 0 Å². The molecular weight excluding hydrogens is 375 g/mol. The number of phenols is 1. The van der Waals surface area contributed by atoms with E-state index in [9.17, 15) is 22.7 Å². The van der Waals surface area contributed by atoms with Crippen molar-refractivity contribution in [2.75, 3.05) is 5.75 Å². The second kappa shape index (κ2) is 6.53. The van der Waals surface area contributed by atoms with E-state index in [-0.39, 0.29) is 40.6 Å². The SMILES string of the molecule is O=c1oc2cc(OS(=O)(=O)CC3CCC(F)C3)ccc2c2ccc(O)cc12. The minimum atomic E-state index is -3.89. The Labute approximate surface area is 154 Å². The molecule has 2 aromatic carbocycles. The number of aromatic hydroxyl groups is 1. The molecule has 1 fully saturated rings. The van der Waals surface area contributed by atoms with E-state index in [0.29, 0.717) is 23.6 Å². The molecule has 1 aliphatic rings. The first kappa shape index (κ1) is 17.8. The van der Waals surface area contributed by atoms with Crippen LogP contribution in [0.15, 0.2) is 45.6 Å². The fraction of sp³-hybridized carbons (Fsp3) is 0.316. The Hall–Kier alpha value is -2.61. The third-order valence-corrected chi connectivity index (χ3v) is 6.14. The van der Waals surface area contributed by atoms with Crippen LogP contribution in [0.3, 0.4) is 0 Å². The highest BCUT2D eigenvalue weighted by molar-refractivity contribution is 7.87. The van der Waals surface area contributed by atoms with Crippen LogP contribution in [-0.4, -0.2) is 25.4 Å². The molecule has 1 aliphatic carbocycles.